The van der Waals surface area contributed by atoms with Gasteiger partial charge in [0.2, 0.25) is 0 Å². The van der Waals surface area contributed by atoms with Crippen LogP contribution < -0.4 is 10.9 Å². The highest BCUT2D eigenvalue weighted by molar-refractivity contribution is 6.07. The van der Waals surface area contributed by atoms with E-state index in [1.165, 1.54) is 0 Å². The lowest BCUT2D eigenvalue weighted by atomic mass is 10.1. The molecule has 0 bridgehead atoms. The molecule has 2 aromatic heterocycles. The molecule has 0 aliphatic carbocycles. The molecule has 158 valence electrons. The first-order chi connectivity index (χ1) is 14.8. The minimum atomic E-state index is -0.308. The Balaban J connectivity index is 1.79. The van der Waals surface area contributed by atoms with E-state index in [2.05, 4.69) is 9.88 Å². The van der Waals surface area contributed by atoms with Crippen molar-refractivity contribution >= 4 is 11.6 Å². The Morgan fingerprint density at radius 1 is 0.871 bits per heavy atom. The smallest absolute Gasteiger partial charge is 0.295 e. The predicted molar refractivity (Wildman–Crippen MR) is 124 cm³/mol. The van der Waals surface area contributed by atoms with E-state index in [-0.39, 0.29) is 17.2 Å². The first-order valence-corrected chi connectivity index (χ1v) is 10.2. The first-order valence-electron chi connectivity index (χ1n) is 10.2. The van der Waals surface area contributed by atoms with E-state index in [9.17, 15) is 9.59 Å². The number of aromatic nitrogens is 3. The van der Waals surface area contributed by atoms with Crippen LogP contribution in [0.25, 0.3) is 11.4 Å². The minimum Gasteiger partial charge on any atom is -0.318 e. The molecular formula is C25H26N4O2. The Morgan fingerprint density at radius 2 is 1.52 bits per heavy atom. The standard InChI is InChI=1S/C25H26N4O2/c1-16-11-14-22(28-17(2)12-13-18(28)3)21(15-16)24(30)26-23-19(4)27(5)29(25(23)31)20-9-7-6-8-10-20/h6-15H,1-5H3,(H,26,30). The number of carbonyl (C=O) groups excluding carboxylic acids is 1. The van der Waals surface area contributed by atoms with Crippen molar-refractivity contribution in [3.63, 3.8) is 0 Å². The van der Waals surface area contributed by atoms with Gasteiger partial charge in [-0.05, 0) is 64.1 Å². The Kier molecular flexibility index (Phi) is 5.15. The summed E-state index contributed by atoms with van der Waals surface area (Å²) in [5, 5.41) is 2.89. The van der Waals surface area contributed by atoms with E-state index in [1.54, 1.807) is 9.36 Å². The maximum atomic E-state index is 13.4. The molecule has 2 aromatic carbocycles. The summed E-state index contributed by atoms with van der Waals surface area (Å²) in [6.07, 6.45) is 0. The van der Waals surface area contributed by atoms with Gasteiger partial charge in [-0.3, -0.25) is 14.3 Å². The van der Waals surface area contributed by atoms with Crippen LogP contribution in [0.1, 0.15) is 33.0 Å². The van der Waals surface area contributed by atoms with Crippen LogP contribution in [-0.2, 0) is 7.05 Å². The Bertz CT molecular complexity index is 1320. The SMILES string of the molecule is Cc1ccc(-n2c(C)ccc2C)c(C(=O)Nc2c(C)n(C)n(-c3ccccc3)c2=O)c1. The van der Waals surface area contributed by atoms with Gasteiger partial charge in [-0.2, -0.15) is 0 Å². The Labute approximate surface area is 181 Å². The van der Waals surface area contributed by atoms with Crippen LogP contribution in [0.3, 0.4) is 0 Å². The fourth-order valence-electron chi connectivity index (χ4n) is 3.97. The molecule has 6 heteroatoms. The molecule has 0 aliphatic heterocycles. The monoisotopic (exact) mass is 414 g/mol. The summed E-state index contributed by atoms with van der Waals surface area (Å²) in [6.45, 7) is 7.79. The van der Waals surface area contributed by atoms with Crippen LogP contribution >= 0.6 is 0 Å². The molecule has 1 N–H and O–H groups in total. The summed E-state index contributed by atoms with van der Waals surface area (Å²) >= 11 is 0. The van der Waals surface area contributed by atoms with Gasteiger partial charge in [-0.1, -0.05) is 29.8 Å². The lowest BCUT2D eigenvalue weighted by Gasteiger charge is -2.15. The number of hydrogen-bond acceptors (Lipinski definition) is 2. The van der Waals surface area contributed by atoms with Crippen molar-refractivity contribution in [2.75, 3.05) is 5.32 Å². The Morgan fingerprint density at radius 3 is 2.16 bits per heavy atom. The minimum absolute atomic E-state index is 0.262. The molecule has 6 nitrogen and oxygen atoms in total. The molecule has 0 aliphatic rings. The van der Waals surface area contributed by atoms with Crippen molar-refractivity contribution in [1.29, 1.82) is 0 Å². The molecule has 4 rings (SSSR count). The van der Waals surface area contributed by atoms with E-state index < -0.39 is 0 Å². The highest BCUT2D eigenvalue weighted by Crippen LogP contribution is 2.23. The summed E-state index contributed by atoms with van der Waals surface area (Å²) in [5.74, 6) is -0.308. The molecule has 0 saturated heterocycles. The van der Waals surface area contributed by atoms with Crippen molar-refractivity contribution in [2.24, 2.45) is 7.05 Å². The van der Waals surface area contributed by atoms with Gasteiger partial charge in [0.25, 0.3) is 11.5 Å². The lowest BCUT2D eigenvalue weighted by molar-refractivity contribution is 0.102. The number of anilines is 1. The molecule has 0 saturated carbocycles. The van der Waals surface area contributed by atoms with Gasteiger partial charge < -0.3 is 9.88 Å². The topological polar surface area (TPSA) is 61.0 Å². The molecule has 31 heavy (non-hydrogen) atoms. The summed E-state index contributed by atoms with van der Waals surface area (Å²) in [4.78, 5) is 26.6. The summed E-state index contributed by atoms with van der Waals surface area (Å²) < 4.78 is 5.36. The molecule has 4 aromatic rings. The number of aryl methyl sites for hydroxylation is 3. The van der Waals surface area contributed by atoms with E-state index in [1.807, 2.05) is 95.4 Å². The number of benzene rings is 2. The number of hydrogen-bond donors (Lipinski definition) is 1. The average molecular weight is 415 g/mol. The third-order valence-corrected chi connectivity index (χ3v) is 5.70. The number of para-hydroxylation sites is 1. The zero-order valence-electron chi connectivity index (χ0n) is 18.4. The van der Waals surface area contributed by atoms with Crippen LogP contribution in [0, 0.1) is 27.7 Å². The third-order valence-electron chi connectivity index (χ3n) is 5.70. The maximum Gasteiger partial charge on any atom is 0.295 e. The van der Waals surface area contributed by atoms with Crippen molar-refractivity contribution in [2.45, 2.75) is 27.7 Å². The van der Waals surface area contributed by atoms with Gasteiger partial charge in [0.1, 0.15) is 5.69 Å². The number of carbonyl (C=O) groups is 1. The summed E-state index contributed by atoms with van der Waals surface area (Å²) in [6, 6.07) is 19.2. The third kappa shape index (κ3) is 3.50. The van der Waals surface area contributed by atoms with Gasteiger partial charge in [-0.15, -0.1) is 0 Å². The van der Waals surface area contributed by atoms with E-state index >= 15 is 0 Å². The molecule has 0 atom stereocenters. The van der Waals surface area contributed by atoms with Gasteiger partial charge in [-0.25, -0.2) is 4.68 Å². The van der Waals surface area contributed by atoms with Gasteiger partial charge in [0.05, 0.1) is 22.6 Å². The number of amides is 1. The zero-order chi connectivity index (χ0) is 22.3. The van der Waals surface area contributed by atoms with Crippen LogP contribution in [0.4, 0.5) is 5.69 Å². The lowest BCUT2D eigenvalue weighted by Crippen LogP contribution is -2.23. The first kappa shape index (κ1) is 20.5. The van der Waals surface area contributed by atoms with Gasteiger partial charge >= 0.3 is 0 Å². The molecule has 0 unspecified atom stereocenters. The van der Waals surface area contributed by atoms with Crippen molar-refractivity contribution in [1.82, 2.24) is 13.9 Å². The number of nitrogens with one attached hydrogen (secondary N) is 1. The maximum absolute atomic E-state index is 13.4. The molecule has 1 amide bonds. The van der Waals surface area contributed by atoms with Crippen molar-refractivity contribution in [3.05, 3.63) is 99.2 Å². The van der Waals surface area contributed by atoms with Crippen LogP contribution in [0.5, 0.6) is 0 Å². The highest BCUT2D eigenvalue weighted by atomic mass is 16.2. The highest BCUT2D eigenvalue weighted by Gasteiger charge is 2.21. The van der Waals surface area contributed by atoms with Crippen LogP contribution in [0.2, 0.25) is 0 Å². The second-order valence-electron chi connectivity index (χ2n) is 7.86. The number of rotatable bonds is 4. The zero-order valence-corrected chi connectivity index (χ0v) is 18.4. The average Bonchev–Trinajstić information content (AvgIpc) is 3.19. The van der Waals surface area contributed by atoms with E-state index in [0.29, 0.717) is 11.3 Å². The fourth-order valence-corrected chi connectivity index (χ4v) is 3.97. The Hall–Kier alpha value is -3.80. The van der Waals surface area contributed by atoms with Crippen LogP contribution in [-0.4, -0.2) is 19.8 Å². The molecule has 0 spiro atoms. The summed E-state index contributed by atoms with van der Waals surface area (Å²) in [5.41, 5.74) is 5.82. The normalized spacial score (nSPS) is 11.0. The molecule has 0 fully saturated rings. The van der Waals surface area contributed by atoms with Crippen LogP contribution in [0.15, 0.2) is 65.5 Å². The fraction of sp³-hybridized carbons (Fsp3) is 0.200. The number of nitrogens with zero attached hydrogens (tertiary/aromatic N) is 3. The molecular weight excluding hydrogens is 388 g/mol. The van der Waals surface area contributed by atoms with Crippen molar-refractivity contribution < 1.29 is 4.79 Å². The summed E-state index contributed by atoms with van der Waals surface area (Å²) in [7, 11) is 1.81. The molecule has 2 heterocycles. The largest absolute Gasteiger partial charge is 0.318 e. The van der Waals surface area contributed by atoms with Crippen molar-refractivity contribution in [3.8, 4) is 11.4 Å². The van der Waals surface area contributed by atoms with Gasteiger partial charge in [0.15, 0.2) is 0 Å². The van der Waals surface area contributed by atoms with E-state index in [0.717, 1.165) is 28.3 Å². The predicted octanol–water partition coefficient (Wildman–Crippen LogP) is 4.45. The molecule has 0 radical (unpaired) electrons. The second-order valence-corrected chi connectivity index (χ2v) is 7.86. The van der Waals surface area contributed by atoms with Gasteiger partial charge in [0, 0.05) is 18.4 Å². The quantitative estimate of drug-likeness (QED) is 0.536. The second kappa shape index (κ2) is 7.80. The van der Waals surface area contributed by atoms with E-state index in [4.69, 9.17) is 0 Å².